The number of benzene rings is 1. The van der Waals surface area contributed by atoms with Gasteiger partial charge in [0.2, 0.25) is 0 Å². The number of rotatable bonds is 2. The number of phenolic OH excluding ortho intramolecular Hbond substituents is 1. The molecule has 0 saturated heterocycles. The van der Waals surface area contributed by atoms with E-state index in [9.17, 15) is 5.11 Å². The molecule has 74 valence electrons. The predicted molar refractivity (Wildman–Crippen MR) is 55.2 cm³/mol. The molecule has 14 heavy (non-hydrogen) atoms. The average molecular weight is 191 g/mol. The van der Waals surface area contributed by atoms with Crippen LogP contribution in [0.3, 0.4) is 0 Å². The minimum Gasteiger partial charge on any atom is -0.507 e. The van der Waals surface area contributed by atoms with Gasteiger partial charge in [0, 0.05) is 17.6 Å². The summed E-state index contributed by atoms with van der Waals surface area (Å²) in [5.74, 6) is 0.268. The summed E-state index contributed by atoms with van der Waals surface area (Å²) in [6.07, 6.45) is 0. The van der Waals surface area contributed by atoms with Gasteiger partial charge < -0.3 is 14.8 Å². The minimum absolute atomic E-state index is 0.00194. The van der Waals surface area contributed by atoms with E-state index in [0.29, 0.717) is 0 Å². The first-order valence-corrected chi connectivity index (χ1v) is 4.69. The van der Waals surface area contributed by atoms with Crippen LogP contribution in [0.15, 0.2) is 24.3 Å². The highest BCUT2D eigenvalue weighted by atomic mass is 16.3. The van der Waals surface area contributed by atoms with Gasteiger partial charge in [-0.25, -0.2) is 0 Å². The Morgan fingerprint density at radius 2 is 2.14 bits per heavy atom. The monoisotopic (exact) mass is 191 g/mol. The molecule has 1 aromatic carbocycles. The molecule has 0 saturated carbocycles. The molecule has 1 heterocycles. The Balaban J connectivity index is 2.79. The standard InChI is InChI=1S/C11H13NO2/c1-2-12-8(7-13)6-9-10(12)4-3-5-11(9)14/h3-6,13-14H,2,7H2,1H3. The highest BCUT2D eigenvalue weighted by Crippen LogP contribution is 2.27. The number of hydrogen-bond acceptors (Lipinski definition) is 2. The van der Waals surface area contributed by atoms with Gasteiger partial charge in [0.15, 0.2) is 0 Å². The summed E-state index contributed by atoms with van der Waals surface area (Å²) in [6.45, 7) is 2.81. The SMILES string of the molecule is CCn1c(CO)cc2c(O)cccc21. The zero-order valence-electron chi connectivity index (χ0n) is 8.07. The molecule has 3 nitrogen and oxygen atoms in total. The Kier molecular flexibility index (Phi) is 2.17. The fourth-order valence-electron chi connectivity index (χ4n) is 1.83. The molecule has 0 atom stereocenters. The third-order valence-electron chi connectivity index (χ3n) is 2.49. The van der Waals surface area contributed by atoms with Gasteiger partial charge in [0.25, 0.3) is 0 Å². The molecule has 0 aliphatic carbocycles. The van der Waals surface area contributed by atoms with Crippen molar-refractivity contribution in [2.24, 2.45) is 0 Å². The van der Waals surface area contributed by atoms with E-state index in [4.69, 9.17) is 5.11 Å². The second-order valence-corrected chi connectivity index (χ2v) is 3.25. The van der Waals surface area contributed by atoms with Crippen LogP contribution in [0.4, 0.5) is 0 Å². The zero-order chi connectivity index (χ0) is 10.1. The highest BCUT2D eigenvalue weighted by Gasteiger charge is 2.08. The van der Waals surface area contributed by atoms with Crippen LogP contribution in [-0.2, 0) is 13.2 Å². The molecule has 0 bridgehead atoms. The molecular weight excluding hydrogens is 178 g/mol. The van der Waals surface area contributed by atoms with E-state index in [1.165, 1.54) is 0 Å². The zero-order valence-corrected chi connectivity index (χ0v) is 8.07. The number of hydrogen-bond donors (Lipinski definition) is 2. The van der Waals surface area contributed by atoms with Crippen molar-refractivity contribution in [1.29, 1.82) is 0 Å². The quantitative estimate of drug-likeness (QED) is 0.761. The predicted octanol–water partition coefficient (Wildman–Crippen LogP) is 1.86. The van der Waals surface area contributed by atoms with E-state index in [1.807, 2.05) is 29.7 Å². The maximum Gasteiger partial charge on any atom is 0.124 e. The normalized spacial score (nSPS) is 11.0. The number of fused-ring (bicyclic) bond motifs is 1. The Morgan fingerprint density at radius 3 is 2.79 bits per heavy atom. The molecule has 2 N–H and O–H groups in total. The maximum absolute atomic E-state index is 9.61. The van der Waals surface area contributed by atoms with Gasteiger partial charge in [-0.2, -0.15) is 0 Å². The Labute approximate surface area is 82.2 Å². The van der Waals surface area contributed by atoms with Crippen molar-refractivity contribution in [3.05, 3.63) is 30.0 Å². The van der Waals surface area contributed by atoms with Crippen LogP contribution in [-0.4, -0.2) is 14.8 Å². The first-order valence-electron chi connectivity index (χ1n) is 4.69. The summed E-state index contributed by atoms with van der Waals surface area (Å²) in [5.41, 5.74) is 1.81. The molecule has 0 aliphatic rings. The number of aryl methyl sites for hydroxylation is 1. The van der Waals surface area contributed by atoms with Crippen molar-refractivity contribution >= 4 is 10.9 Å². The van der Waals surface area contributed by atoms with Crippen LogP contribution in [0, 0.1) is 0 Å². The van der Waals surface area contributed by atoms with E-state index in [1.54, 1.807) is 6.07 Å². The molecule has 2 rings (SSSR count). The van der Waals surface area contributed by atoms with Gasteiger partial charge in [-0.1, -0.05) is 6.07 Å². The van der Waals surface area contributed by atoms with E-state index < -0.39 is 0 Å². The number of aliphatic hydroxyl groups excluding tert-OH is 1. The van der Waals surface area contributed by atoms with Crippen LogP contribution in [0.25, 0.3) is 10.9 Å². The number of nitrogens with zero attached hydrogens (tertiary/aromatic N) is 1. The van der Waals surface area contributed by atoms with Crippen molar-refractivity contribution in [3.8, 4) is 5.75 Å². The summed E-state index contributed by atoms with van der Waals surface area (Å²) in [4.78, 5) is 0. The molecule has 2 aromatic rings. The van der Waals surface area contributed by atoms with E-state index in [2.05, 4.69) is 0 Å². The van der Waals surface area contributed by atoms with E-state index in [0.717, 1.165) is 23.1 Å². The first-order chi connectivity index (χ1) is 6.77. The molecule has 3 heteroatoms. The van der Waals surface area contributed by atoms with Gasteiger partial charge in [-0.3, -0.25) is 0 Å². The Morgan fingerprint density at radius 1 is 1.36 bits per heavy atom. The smallest absolute Gasteiger partial charge is 0.124 e. The number of aliphatic hydroxyl groups is 1. The van der Waals surface area contributed by atoms with Gasteiger partial charge >= 0.3 is 0 Å². The van der Waals surface area contributed by atoms with Crippen LogP contribution in [0.1, 0.15) is 12.6 Å². The van der Waals surface area contributed by atoms with Crippen molar-refractivity contribution in [1.82, 2.24) is 4.57 Å². The molecular formula is C11H13NO2. The Bertz CT molecular complexity index is 460. The summed E-state index contributed by atoms with van der Waals surface area (Å²) in [7, 11) is 0. The second kappa shape index (κ2) is 3.35. The lowest BCUT2D eigenvalue weighted by atomic mass is 10.2. The topological polar surface area (TPSA) is 45.4 Å². The summed E-state index contributed by atoms with van der Waals surface area (Å²) in [5, 5.41) is 19.5. The summed E-state index contributed by atoms with van der Waals surface area (Å²) >= 11 is 0. The van der Waals surface area contributed by atoms with Gasteiger partial charge in [0.05, 0.1) is 12.1 Å². The molecule has 0 aliphatic heterocycles. The molecule has 0 unspecified atom stereocenters. The highest BCUT2D eigenvalue weighted by molar-refractivity contribution is 5.87. The largest absolute Gasteiger partial charge is 0.507 e. The molecule has 0 radical (unpaired) electrons. The van der Waals surface area contributed by atoms with Crippen molar-refractivity contribution in [2.75, 3.05) is 0 Å². The molecule has 0 fully saturated rings. The van der Waals surface area contributed by atoms with Crippen LogP contribution < -0.4 is 0 Å². The lowest BCUT2D eigenvalue weighted by Crippen LogP contribution is -1.99. The van der Waals surface area contributed by atoms with Crippen molar-refractivity contribution < 1.29 is 10.2 Å². The summed E-state index contributed by atoms with van der Waals surface area (Å²) in [6, 6.07) is 7.24. The Hall–Kier alpha value is -1.48. The van der Waals surface area contributed by atoms with Crippen LogP contribution in [0.2, 0.25) is 0 Å². The van der Waals surface area contributed by atoms with Crippen LogP contribution >= 0.6 is 0 Å². The van der Waals surface area contributed by atoms with Gasteiger partial charge in [-0.15, -0.1) is 0 Å². The molecule has 1 aromatic heterocycles. The second-order valence-electron chi connectivity index (χ2n) is 3.25. The fourth-order valence-corrected chi connectivity index (χ4v) is 1.83. The average Bonchev–Trinajstić information content (AvgIpc) is 2.57. The number of aromatic hydroxyl groups is 1. The molecule has 0 amide bonds. The van der Waals surface area contributed by atoms with Crippen molar-refractivity contribution in [2.45, 2.75) is 20.1 Å². The van der Waals surface area contributed by atoms with Gasteiger partial charge in [0.1, 0.15) is 5.75 Å². The fraction of sp³-hybridized carbons (Fsp3) is 0.273. The van der Waals surface area contributed by atoms with E-state index >= 15 is 0 Å². The first kappa shape index (κ1) is 9.09. The van der Waals surface area contributed by atoms with Crippen molar-refractivity contribution in [3.63, 3.8) is 0 Å². The maximum atomic E-state index is 9.61. The van der Waals surface area contributed by atoms with Crippen LogP contribution in [0.5, 0.6) is 5.75 Å². The number of phenols is 1. The minimum atomic E-state index is 0.00194. The van der Waals surface area contributed by atoms with Gasteiger partial charge in [-0.05, 0) is 25.1 Å². The van der Waals surface area contributed by atoms with E-state index in [-0.39, 0.29) is 12.4 Å². The molecule has 0 spiro atoms. The summed E-state index contributed by atoms with van der Waals surface area (Å²) < 4.78 is 2.00. The lowest BCUT2D eigenvalue weighted by Gasteiger charge is -2.04. The lowest BCUT2D eigenvalue weighted by molar-refractivity contribution is 0.272. The number of aromatic nitrogens is 1. The third kappa shape index (κ3) is 1.17. The third-order valence-corrected chi connectivity index (χ3v) is 2.49.